The Kier molecular flexibility index (Phi) is 4.79. The van der Waals surface area contributed by atoms with E-state index in [1.807, 2.05) is 26.2 Å². The van der Waals surface area contributed by atoms with Crippen molar-refractivity contribution in [3.63, 3.8) is 0 Å². The van der Waals surface area contributed by atoms with Gasteiger partial charge in [-0.25, -0.2) is 9.97 Å². The third-order valence-electron chi connectivity index (χ3n) is 2.05. The molecule has 0 spiro atoms. The Balaban J connectivity index is 2.76. The van der Waals surface area contributed by atoms with E-state index in [-0.39, 0.29) is 6.04 Å². The van der Waals surface area contributed by atoms with Gasteiger partial charge < -0.3 is 5.32 Å². The van der Waals surface area contributed by atoms with Crippen LogP contribution in [-0.4, -0.2) is 16.5 Å². The average molecular weight is 203 g/mol. The molecular formula is C12H17N3. The first kappa shape index (κ1) is 11.7. The molecule has 0 aliphatic rings. The van der Waals surface area contributed by atoms with Crippen LogP contribution in [-0.2, 0) is 0 Å². The minimum atomic E-state index is 0.142. The maximum atomic E-state index is 4.31. The summed E-state index contributed by atoms with van der Waals surface area (Å²) < 4.78 is 0. The highest BCUT2D eigenvalue weighted by Gasteiger charge is 2.10. The maximum absolute atomic E-state index is 4.31. The first-order valence-electron chi connectivity index (χ1n) is 5.19. The number of nitrogens with zero attached hydrogens (tertiary/aromatic N) is 2. The summed E-state index contributed by atoms with van der Waals surface area (Å²) in [6.45, 7) is 6.80. The first-order chi connectivity index (χ1) is 7.27. The largest absolute Gasteiger partial charge is 0.307 e. The summed E-state index contributed by atoms with van der Waals surface area (Å²) in [4.78, 5) is 8.62. The van der Waals surface area contributed by atoms with Crippen LogP contribution in [0.25, 0.3) is 0 Å². The lowest BCUT2D eigenvalue weighted by Gasteiger charge is -2.13. The Morgan fingerprint density at radius 3 is 2.60 bits per heavy atom. The van der Waals surface area contributed by atoms with Crippen molar-refractivity contribution < 1.29 is 0 Å². The first-order valence-corrected chi connectivity index (χ1v) is 5.19. The Bertz CT molecular complexity index is 345. The Labute approximate surface area is 91.3 Å². The fourth-order valence-corrected chi connectivity index (χ4v) is 1.29. The zero-order chi connectivity index (χ0) is 11.1. The van der Waals surface area contributed by atoms with E-state index in [4.69, 9.17) is 0 Å². The van der Waals surface area contributed by atoms with Crippen LogP contribution < -0.4 is 5.32 Å². The van der Waals surface area contributed by atoms with Gasteiger partial charge in [-0.2, -0.15) is 0 Å². The molecule has 0 saturated heterocycles. The summed E-state index contributed by atoms with van der Waals surface area (Å²) >= 11 is 0. The SMILES string of the molecule is CC#CCC(NCC)c1ncc(C)cn1. The van der Waals surface area contributed by atoms with Gasteiger partial charge in [-0.15, -0.1) is 11.8 Å². The molecule has 0 aromatic carbocycles. The zero-order valence-electron chi connectivity index (χ0n) is 9.54. The fourth-order valence-electron chi connectivity index (χ4n) is 1.29. The average Bonchev–Trinajstić information content (AvgIpc) is 2.25. The van der Waals surface area contributed by atoms with Gasteiger partial charge in [0.25, 0.3) is 0 Å². The number of aromatic nitrogens is 2. The van der Waals surface area contributed by atoms with Crippen LogP contribution in [0.4, 0.5) is 0 Å². The highest BCUT2D eigenvalue weighted by Crippen LogP contribution is 2.10. The predicted molar refractivity (Wildman–Crippen MR) is 61.3 cm³/mol. The number of nitrogens with one attached hydrogen (secondary N) is 1. The summed E-state index contributed by atoms with van der Waals surface area (Å²) in [5.74, 6) is 6.77. The van der Waals surface area contributed by atoms with Gasteiger partial charge in [0.05, 0.1) is 6.04 Å². The number of rotatable bonds is 4. The predicted octanol–water partition coefficient (Wildman–Crippen LogP) is 1.85. The minimum absolute atomic E-state index is 0.142. The van der Waals surface area contributed by atoms with Crippen molar-refractivity contribution in [2.24, 2.45) is 0 Å². The van der Waals surface area contributed by atoms with Gasteiger partial charge in [0.2, 0.25) is 0 Å². The van der Waals surface area contributed by atoms with Crippen molar-refractivity contribution >= 4 is 0 Å². The van der Waals surface area contributed by atoms with Crippen LogP contribution in [0.2, 0.25) is 0 Å². The van der Waals surface area contributed by atoms with Crippen LogP contribution in [0.1, 0.15) is 37.7 Å². The second-order valence-electron chi connectivity index (χ2n) is 3.36. The van der Waals surface area contributed by atoms with E-state index < -0.39 is 0 Å². The van der Waals surface area contributed by atoms with E-state index in [0.717, 1.165) is 24.4 Å². The molecule has 1 aromatic heterocycles. The van der Waals surface area contributed by atoms with E-state index in [0.29, 0.717) is 0 Å². The molecule has 80 valence electrons. The second kappa shape index (κ2) is 6.15. The van der Waals surface area contributed by atoms with Crippen molar-refractivity contribution in [2.75, 3.05) is 6.54 Å². The molecule has 1 N–H and O–H groups in total. The lowest BCUT2D eigenvalue weighted by molar-refractivity contribution is 0.535. The molecular weight excluding hydrogens is 186 g/mol. The molecule has 0 amide bonds. The van der Waals surface area contributed by atoms with E-state index in [9.17, 15) is 0 Å². The minimum Gasteiger partial charge on any atom is -0.307 e. The van der Waals surface area contributed by atoms with Crippen LogP contribution in [0.15, 0.2) is 12.4 Å². The van der Waals surface area contributed by atoms with Gasteiger partial charge in [-0.3, -0.25) is 0 Å². The summed E-state index contributed by atoms with van der Waals surface area (Å²) in [5, 5.41) is 3.33. The molecule has 15 heavy (non-hydrogen) atoms. The van der Waals surface area contributed by atoms with Crippen LogP contribution in [0, 0.1) is 18.8 Å². The highest BCUT2D eigenvalue weighted by atomic mass is 15.0. The van der Waals surface area contributed by atoms with Crippen molar-refractivity contribution in [3.05, 3.63) is 23.8 Å². The van der Waals surface area contributed by atoms with Gasteiger partial charge in [-0.1, -0.05) is 6.92 Å². The van der Waals surface area contributed by atoms with Crippen LogP contribution in [0.5, 0.6) is 0 Å². The molecule has 1 atom stereocenters. The number of hydrogen-bond acceptors (Lipinski definition) is 3. The van der Waals surface area contributed by atoms with E-state index in [1.54, 1.807) is 0 Å². The molecule has 0 bridgehead atoms. The van der Waals surface area contributed by atoms with E-state index in [1.165, 1.54) is 0 Å². The number of aryl methyl sites for hydroxylation is 1. The van der Waals surface area contributed by atoms with E-state index >= 15 is 0 Å². The molecule has 0 saturated carbocycles. The third kappa shape index (κ3) is 3.69. The molecule has 0 aliphatic carbocycles. The van der Waals surface area contributed by atoms with Crippen molar-refractivity contribution in [1.29, 1.82) is 0 Å². The Hall–Kier alpha value is -1.40. The highest BCUT2D eigenvalue weighted by molar-refractivity contribution is 5.08. The standard InChI is InChI=1S/C12H17N3/c1-4-6-7-11(13-5-2)12-14-8-10(3)9-15-12/h8-9,11,13H,5,7H2,1-3H3. The summed E-state index contributed by atoms with van der Waals surface area (Å²) in [6, 6.07) is 0.142. The van der Waals surface area contributed by atoms with E-state index in [2.05, 4.69) is 34.0 Å². The summed E-state index contributed by atoms with van der Waals surface area (Å²) in [7, 11) is 0. The topological polar surface area (TPSA) is 37.8 Å². The molecule has 0 fully saturated rings. The molecule has 3 nitrogen and oxygen atoms in total. The van der Waals surface area contributed by atoms with Gasteiger partial charge in [0, 0.05) is 18.8 Å². The molecule has 1 aromatic rings. The van der Waals surface area contributed by atoms with Crippen molar-refractivity contribution in [1.82, 2.24) is 15.3 Å². The summed E-state index contributed by atoms with van der Waals surface area (Å²) in [5.41, 5.74) is 1.08. The number of hydrogen-bond donors (Lipinski definition) is 1. The zero-order valence-corrected chi connectivity index (χ0v) is 9.54. The molecule has 1 heterocycles. The van der Waals surface area contributed by atoms with Crippen molar-refractivity contribution in [3.8, 4) is 11.8 Å². The molecule has 3 heteroatoms. The van der Waals surface area contributed by atoms with Gasteiger partial charge >= 0.3 is 0 Å². The lowest BCUT2D eigenvalue weighted by Crippen LogP contribution is -2.22. The van der Waals surface area contributed by atoms with Gasteiger partial charge in [-0.05, 0) is 26.0 Å². The van der Waals surface area contributed by atoms with Crippen molar-refractivity contribution in [2.45, 2.75) is 33.2 Å². The van der Waals surface area contributed by atoms with Crippen LogP contribution >= 0.6 is 0 Å². The Morgan fingerprint density at radius 1 is 1.40 bits per heavy atom. The molecule has 0 aliphatic heterocycles. The molecule has 1 unspecified atom stereocenters. The van der Waals surface area contributed by atoms with Crippen LogP contribution in [0.3, 0.4) is 0 Å². The monoisotopic (exact) mass is 203 g/mol. The maximum Gasteiger partial charge on any atom is 0.146 e. The van der Waals surface area contributed by atoms with Gasteiger partial charge in [0.15, 0.2) is 0 Å². The smallest absolute Gasteiger partial charge is 0.146 e. The molecule has 1 rings (SSSR count). The molecule has 0 radical (unpaired) electrons. The second-order valence-corrected chi connectivity index (χ2v) is 3.36. The fraction of sp³-hybridized carbons (Fsp3) is 0.500. The normalized spacial score (nSPS) is 11.7. The third-order valence-corrected chi connectivity index (χ3v) is 2.05. The lowest BCUT2D eigenvalue weighted by atomic mass is 10.2. The summed E-state index contributed by atoms with van der Waals surface area (Å²) in [6.07, 6.45) is 4.44. The quantitative estimate of drug-likeness (QED) is 0.759. The Morgan fingerprint density at radius 2 is 2.07 bits per heavy atom. The van der Waals surface area contributed by atoms with Gasteiger partial charge in [0.1, 0.15) is 5.82 Å².